The van der Waals surface area contributed by atoms with Crippen LogP contribution in [0.25, 0.3) is 21.9 Å². The predicted molar refractivity (Wildman–Crippen MR) is 147 cm³/mol. The van der Waals surface area contributed by atoms with Crippen LogP contribution in [0.1, 0.15) is 42.9 Å². The minimum Gasteiger partial charge on any atom is -0.383 e. The second-order valence-corrected chi connectivity index (χ2v) is 10.2. The van der Waals surface area contributed by atoms with Crippen molar-refractivity contribution in [3.05, 3.63) is 89.3 Å². The molecule has 6 nitrogen and oxygen atoms in total. The third kappa shape index (κ3) is 4.73. The van der Waals surface area contributed by atoms with Crippen LogP contribution in [0, 0.1) is 5.92 Å². The summed E-state index contributed by atoms with van der Waals surface area (Å²) in [5.41, 5.74) is 10.5. The highest BCUT2D eigenvalue weighted by molar-refractivity contribution is 6.30. The molecule has 3 aromatic heterocycles. The summed E-state index contributed by atoms with van der Waals surface area (Å²) < 4.78 is 2.30. The van der Waals surface area contributed by atoms with E-state index in [0.29, 0.717) is 24.3 Å². The normalized spacial score (nSPS) is 17.7. The van der Waals surface area contributed by atoms with Gasteiger partial charge in [0.1, 0.15) is 23.6 Å². The lowest BCUT2D eigenvalue weighted by molar-refractivity contribution is 0.461. The number of hydrogen-bond donors (Lipinski definition) is 2. The molecular formula is C29H29ClN6. The number of anilines is 2. The van der Waals surface area contributed by atoms with E-state index in [9.17, 15) is 0 Å². The molecule has 1 aliphatic rings. The van der Waals surface area contributed by atoms with Crippen LogP contribution >= 0.6 is 11.6 Å². The van der Waals surface area contributed by atoms with Crippen LogP contribution in [0.15, 0.2) is 73.2 Å². The molecule has 1 saturated carbocycles. The Morgan fingerprint density at radius 1 is 0.972 bits per heavy atom. The van der Waals surface area contributed by atoms with E-state index in [1.807, 2.05) is 36.4 Å². The van der Waals surface area contributed by atoms with Crippen LogP contribution < -0.4 is 11.1 Å². The van der Waals surface area contributed by atoms with Crippen molar-refractivity contribution in [3.63, 3.8) is 0 Å². The van der Waals surface area contributed by atoms with E-state index in [4.69, 9.17) is 22.3 Å². The van der Waals surface area contributed by atoms with Crippen molar-refractivity contribution in [1.29, 1.82) is 0 Å². The number of fused-ring (bicyclic) bond motifs is 2. The Labute approximate surface area is 215 Å². The molecule has 1 fully saturated rings. The summed E-state index contributed by atoms with van der Waals surface area (Å²) in [6.45, 7) is 0.716. The van der Waals surface area contributed by atoms with Gasteiger partial charge in [-0.1, -0.05) is 35.9 Å². The molecule has 3 heterocycles. The molecule has 2 atom stereocenters. The van der Waals surface area contributed by atoms with Crippen molar-refractivity contribution >= 4 is 45.2 Å². The zero-order chi connectivity index (χ0) is 24.5. The second-order valence-electron chi connectivity index (χ2n) is 9.79. The number of halogens is 1. The van der Waals surface area contributed by atoms with Gasteiger partial charge in [-0.25, -0.2) is 15.0 Å². The first-order chi connectivity index (χ1) is 17.6. The predicted octanol–water partition coefficient (Wildman–Crippen LogP) is 6.80. The number of hydrogen-bond acceptors (Lipinski definition) is 5. The van der Waals surface area contributed by atoms with Crippen molar-refractivity contribution in [2.45, 2.75) is 44.7 Å². The average Bonchev–Trinajstić information content (AvgIpc) is 3.55. The molecule has 2 aromatic carbocycles. The van der Waals surface area contributed by atoms with E-state index >= 15 is 0 Å². The maximum Gasteiger partial charge on any atom is 0.145 e. The zero-order valence-electron chi connectivity index (χ0n) is 20.1. The van der Waals surface area contributed by atoms with Crippen molar-refractivity contribution < 1.29 is 0 Å². The van der Waals surface area contributed by atoms with Crippen molar-refractivity contribution in [2.75, 3.05) is 11.1 Å². The van der Waals surface area contributed by atoms with Gasteiger partial charge in [-0.15, -0.1) is 0 Å². The van der Waals surface area contributed by atoms with Crippen molar-refractivity contribution in [3.8, 4) is 0 Å². The molecule has 7 heteroatoms. The summed E-state index contributed by atoms with van der Waals surface area (Å²) in [7, 11) is 0. The molecule has 6 rings (SSSR count). The average molecular weight is 497 g/mol. The fourth-order valence-corrected chi connectivity index (χ4v) is 5.56. The SMILES string of the molecule is Nc1ncnc2c1ccn2C1CCC(CCc2ccc3ccc(NCc4ccc(Cl)cc4)nc3c2)C1. The summed E-state index contributed by atoms with van der Waals surface area (Å²) in [6, 6.07) is 21.3. The molecule has 2 unspecified atom stereocenters. The van der Waals surface area contributed by atoms with E-state index in [1.165, 1.54) is 36.8 Å². The van der Waals surface area contributed by atoms with E-state index in [1.54, 1.807) is 6.33 Å². The first-order valence-electron chi connectivity index (χ1n) is 12.6. The summed E-state index contributed by atoms with van der Waals surface area (Å²) >= 11 is 5.99. The van der Waals surface area contributed by atoms with Crippen LogP contribution in [0.4, 0.5) is 11.6 Å². The third-order valence-electron chi connectivity index (χ3n) is 7.43. The first-order valence-corrected chi connectivity index (χ1v) is 13.0. The van der Waals surface area contributed by atoms with Gasteiger partial charge in [0.25, 0.3) is 0 Å². The maximum absolute atomic E-state index is 6.03. The summed E-state index contributed by atoms with van der Waals surface area (Å²) in [4.78, 5) is 13.5. The summed E-state index contributed by atoms with van der Waals surface area (Å²) in [5.74, 6) is 2.15. The highest BCUT2D eigenvalue weighted by Crippen LogP contribution is 2.39. The Kier molecular flexibility index (Phi) is 6.20. The minimum atomic E-state index is 0.481. The molecule has 5 aromatic rings. The van der Waals surface area contributed by atoms with Crippen LogP contribution in [0.5, 0.6) is 0 Å². The molecule has 0 bridgehead atoms. The molecule has 0 spiro atoms. The highest BCUT2D eigenvalue weighted by Gasteiger charge is 2.27. The summed E-state index contributed by atoms with van der Waals surface area (Å²) in [5, 5.41) is 6.30. The highest BCUT2D eigenvalue weighted by atomic mass is 35.5. The van der Waals surface area contributed by atoms with Crippen molar-refractivity contribution in [2.24, 2.45) is 5.92 Å². The Bertz CT molecular complexity index is 1510. The third-order valence-corrected chi connectivity index (χ3v) is 7.68. The molecule has 1 aliphatic carbocycles. The fraction of sp³-hybridized carbons (Fsp3) is 0.276. The number of rotatable bonds is 7. The Hall–Kier alpha value is -3.64. The van der Waals surface area contributed by atoms with E-state index in [0.717, 1.165) is 39.2 Å². The molecule has 0 amide bonds. The van der Waals surface area contributed by atoms with Gasteiger partial charge in [-0.2, -0.15) is 0 Å². The molecule has 0 saturated heterocycles. The number of pyridine rings is 1. The molecule has 0 aliphatic heterocycles. The number of aromatic nitrogens is 4. The molecule has 182 valence electrons. The number of nitrogen functional groups attached to an aromatic ring is 1. The van der Waals surface area contributed by atoms with Gasteiger partial charge < -0.3 is 15.6 Å². The number of nitrogens with one attached hydrogen (secondary N) is 1. The molecule has 3 N–H and O–H groups in total. The van der Waals surface area contributed by atoms with Crippen LogP contribution in [0.3, 0.4) is 0 Å². The lowest BCUT2D eigenvalue weighted by Gasteiger charge is -2.14. The van der Waals surface area contributed by atoms with Crippen molar-refractivity contribution in [1.82, 2.24) is 19.5 Å². The van der Waals surface area contributed by atoms with Gasteiger partial charge in [0.15, 0.2) is 0 Å². The topological polar surface area (TPSA) is 81.6 Å². The van der Waals surface area contributed by atoms with E-state index in [2.05, 4.69) is 50.3 Å². The number of nitrogens with zero attached hydrogens (tertiary/aromatic N) is 4. The second kappa shape index (κ2) is 9.78. The van der Waals surface area contributed by atoms with Crippen LogP contribution in [-0.4, -0.2) is 19.5 Å². The van der Waals surface area contributed by atoms with Crippen LogP contribution in [-0.2, 0) is 13.0 Å². The lowest BCUT2D eigenvalue weighted by atomic mass is 9.97. The van der Waals surface area contributed by atoms with E-state index in [-0.39, 0.29) is 0 Å². The Balaban J connectivity index is 1.09. The number of nitrogens with two attached hydrogens (primary N) is 1. The van der Waals surface area contributed by atoms with Gasteiger partial charge >= 0.3 is 0 Å². The summed E-state index contributed by atoms with van der Waals surface area (Å²) in [6.07, 6.45) is 9.54. The Morgan fingerprint density at radius 2 is 1.81 bits per heavy atom. The smallest absolute Gasteiger partial charge is 0.145 e. The van der Waals surface area contributed by atoms with Crippen LogP contribution in [0.2, 0.25) is 5.02 Å². The van der Waals surface area contributed by atoms with Gasteiger partial charge in [0.2, 0.25) is 0 Å². The lowest BCUT2D eigenvalue weighted by Crippen LogP contribution is -2.06. The Morgan fingerprint density at radius 3 is 2.69 bits per heavy atom. The van der Waals surface area contributed by atoms with Gasteiger partial charge in [-0.05, 0) is 85.5 Å². The molecule has 0 radical (unpaired) electrons. The zero-order valence-corrected chi connectivity index (χ0v) is 20.8. The number of aryl methyl sites for hydroxylation is 1. The maximum atomic E-state index is 6.03. The molecule has 36 heavy (non-hydrogen) atoms. The van der Waals surface area contributed by atoms with Gasteiger partial charge in [-0.3, -0.25) is 0 Å². The van der Waals surface area contributed by atoms with Gasteiger partial charge in [0, 0.05) is 29.2 Å². The first kappa shape index (κ1) is 22.8. The monoisotopic (exact) mass is 496 g/mol. The fourth-order valence-electron chi connectivity index (χ4n) is 5.43. The molecular weight excluding hydrogens is 468 g/mol. The largest absolute Gasteiger partial charge is 0.383 e. The van der Waals surface area contributed by atoms with E-state index < -0.39 is 0 Å². The quantitative estimate of drug-likeness (QED) is 0.259. The standard InChI is InChI=1S/C29H29ClN6/c30-23-9-4-21(5-10-23)17-32-27-12-8-22-7-3-20(16-26(22)35-27)2-1-19-6-11-24(15-19)36-14-13-25-28(31)33-18-34-29(25)36/h3-5,7-10,12-14,16,18-19,24H,1-2,6,11,15,17H2,(H,32,35)(H2,31,33,34). The minimum absolute atomic E-state index is 0.481. The van der Waals surface area contributed by atoms with Gasteiger partial charge in [0.05, 0.1) is 10.9 Å². The number of benzene rings is 2.